The van der Waals surface area contributed by atoms with Crippen molar-refractivity contribution in [2.45, 2.75) is 77.9 Å². The van der Waals surface area contributed by atoms with Gasteiger partial charge >= 0.3 is 0 Å². The molecule has 0 aromatic rings. The molecule has 0 heterocycles. The highest BCUT2D eigenvalue weighted by atomic mass is 28.4. The quantitative estimate of drug-likeness (QED) is 0.659. The lowest BCUT2D eigenvalue weighted by Gasteiger charge is -2.58. The van der Waals surface area contributed by atoms with E-state index in [0.717, 1.165) is 51.6 Å². The fourth-order valence-electron chi connectivity index (χ4n) is 6.75. The molecule has 26 heavy (non-hydrogen) atoms. The molecule has 0 unspecified atom stereocenters. The van der Waals surface area contributed by atoms with Crippen molar-refractivity contribution in [2.75, 3.05) is 6.61 Å². The van der Waals surface area contributed by atoms with E-state index in [4.69, 9.17) is 4.43 Å². The van der Waals surface area contributed by atoms with E-state index in [9.17, 15) is 9.59 Å². The van der Waals surface area contributed by atoms with E-state index in [-0.39, 0.29) is 10.8 Å². The Bertz CT molecular complexity index is 661. The van der Waals surface area contributed by atoms with E-state index in [2.05, 4.69) is 26.6 Å². The van der Waals surface area contributed by atoms with Crippen molar-refractivity contribution in [3.8, 4) is 0 Å². The highest BCUT2D eigenvalue weighted by molar-refractivity contribution is 6.69. The molecule has 3 saturated carbocycles. The Morgan fingerprint density at radius 2 is 1.81 bits per heavy atom. The van der Waals surface area contributed by atoms with Crippen molar-refractivity contribution in [3.63, 3.8) is 0 Å². The first-order chi connectivity index (χ1) is 12.2. The number of carbonyl (C=O) groups is 2. The van der Waals surface area contributed by atoms with Crippen molar-refractivity contribution in [3.05, 3.63) is 11.6 Å². The van der Waals surface area contributed by atoms with Crippen molar-refractivity contribution in [2.24, 2.45) is 28.6 Å². The average Bonchev–Trinajstić information content (AvgIpc) is 2.88. The second kappa shape index (κ2) is 6.13. The van der Waals surface area contributed by atoms with E-state index in [1.807, 2.05) is 6.08 Å². The van der Waals surface area contributed by atoms with Gasteiger partial charge in [-0.2, -0.15) is 0 Å². The molecule has 3 nitrogen and oxygen atoms in total. The fourth-order valence-corrected chi connectivity index (χ4v) is 7.44. The van der Waals surface area contributed by atoms with Crippen LogP contribution < -0.4 is 0 Å². The lowest BCUT2D eigenvalue weighted by atomic mass is 9.47. The number of rotatable bonds is 3. The number of fused-ring (bicyclic) bond motifs is 5. The Kier molecular flexibility index (Phi) is 4.39. The van der Waals surface area contributed by atoms with Gasteiger partial charge in [0.1, 0.15) is 5.78 Å². The minimum absolute atomic E-state index is 0.0596. The molecule has 0 aliphatic heterocycles. The molecule has 0 spiro atoms. The molecular weight excluding hydrogens is 340 g/mol. The van der Waals surface area contributed by atoms with Crippen molar-refractivity contribution >= 4 is 19.9 Å². The van der Waals surface area contributed by atoms with Crippen LogP contribution in [-0.4, -0.2) is 26.5 Å². The standard InChI is InChI=1S/C22H34O3Si/c1-21-11-10-19-17(18(21)7-8-20(21)24)6-5-15-13-16(23)9-12-22(15,19)14-25-26(2,3)4/h13,17-19H,5-12,14H2,1-4H3/t17-,18-,19+,21-,22+/m0/s1. The van der Waals surface area contributed by atoms with Crippen LogP contribution in [0.15, 0.2) is 11.6 Å². The SMILES string of the molecule is C[C@]12CC[C@@H]3[C@@H](CCC4=CC(=O)CC[C@@]43CO[Si](C)(C)C)[C@@H]1CCC2=O. The van der Waals surface area contributed by atoms with Gasteiger partial charge in [0.2, 0.25) is 0 Å². The van der Waals surface area contributed by atoms with Crippen LogP contribution in [0.3, 0.4) is 0 Å². The number of hydrogen-bond acceptors (Lipinski definition) is 3. The topological polar surface area (TPSA) is 43.4 Å². The molecule has 4 aliphatic carbocycles. The zero-order valence-corrected chi connectivity index (χ0v) is 17.9. The van der Waals surface area contributed by atoms with Gasteiger partial charge in [-0.3, -0.25) is 9.59 Å². The van der Waals surface area contributed by atoms with Crippen LogP contribution in [0.25, 0.3) is 0 Å². The fraction of sp³-hybridized carbons (Fsp3) is 0.818. The lowest BCUT2D eigenvalue weighted by molar-refractivity contribution is -0.133. The normalized spacial score (nSPS) is 42.8. The van der Waals surface area contributed by atoms with Crippen LogP contribution in [0.5, 0.6) is 0 Å². The third-order valence-electron chi connectivity index (χ3n) is 8.16. The van der Waals surface area contributed by atoms with Gasteiger partial charge in [-0.15, -0.1) is 0 Å². The summed E-state index contributed by atoms with van der Waals surface area (Å²) in [5, 5.41) is 0. The van der Waals surface area contributed by atoms with Crippen LogP contribution in [-0.2, 0) is 14.0 Å². The first-order valence-electron chi connectivity index (χ1n) is 10.6. The molecule has 0 saturated heterocycles. The molecule has 3 fully saturated rings. The molecule has 4 rings (SSSR count). The first kappa shape index (κ1) is 18.6. The maximum atomic E-state index is 12.6. The predicted molar refractivity (Wildman–Crippen MR) is 105 cm³/mol. The Morgan fingerprint density at radius 1 is 1.04 bits per heavy atom. The summed E-state index contributed by atoms with van der Waals surface area (Å²) in [6.45, 7) is 9.81. The van der Waals surface area contributed by atoms with Crippen LogP contribution in [0.4, 0.5) is 0 Å². The molecule has 4 heteroatoms. The molecule has 0 aromatic carbocycles. The van der Waals surface area contributed by atoms with E-state index >= 15 is 0 Å². The van der Waals surface area contributed by atoms with Crippen molar-refractivity contribution in [1.82, 2.24) is 0 Å². The Labute approximate surface area is 159 Å². The first-order valence-corrected chi connectivity index (χ1v) is 14.0. The van der Waals surface area contributed by atoms with Crippen LogP contribution in [0.2, 0.25) is 19.6 Å². The predicted octanol–water partition coefficient (Wildman–Crippen LogP) is 4.92. The summed E-state index contributed by atoms with van der Waals surface area (Å²) in [5.41, 5.74) is 1.36. The zero-order valence-electron chi connectivity index (χ0n) is 16.9. The van der Waals surface area contributed by atoms with Crippen molar-refractivity contribution < 1.29 is 14.0 Å². The average molecular weight is 375 g/mol. The highest BCUT2D eigenvalue weighted by Gasteiger charge is 2.60. The summed E-state index contributed by atoms with van der Waals surface area (Å²) >= 11 is 0. The molecule has 0 aromatic heterocycles. The van der Waals surface area contributed by atoms with Crippen LogP contribution >= 0.6 is 0 Å². The largest absolute Gasteiger partial charge is 0.417 e. The smallest absolute Gasteiger partial charge is 0.183 e. The van der Waals surface area contributed by atoms with Gasteiger partial charge in [-0.05, 0) is 82.0 Å². The number of carbonyl (C=O) groups excluding carboxylic acids is 2. The molecular formula is C22H34O3Si. The van der Waals surface area contributed by atoms with E-state index in [1.165, 1.54) is 5.57 Å². The van der Waals surface area contributed by atoms with E-state index in [0.29, 0.717) is 35.7 Å². The molecule has 4 aliphatic rings. The minimum atomic E-state index is -1.61. The van der Waals surface area contributed by atoms with Crippen molar-refractivity contribution in [1.29, 1.82) is 0 Å². The highest BCUT2D eigenvalue weighted by Crippen LogP contribution is 2.64. The summed E-state index contributed by atoms with van der Waals surface area (Å²) in [7, 11) is -1.61. The molecule has 0 N–H and O–H groups in total. The molecule has 144 valence electrons. The van der Waals surface area contributed by atoms with Gasteiger partial charge in [-0.1, -0.05) is 12.5 Å². The van der Waals surface area contributed by atoms with E-state index in [1.54, 1.807) is 0 Å². The van der Waals surface area contributed by atoms with Gasteiger partial charge in [0, 0.05) is 30.3 Å². The maximum Gasteiger partial charge on any atom is 0.183 e. The third kappa shape index (κ3) is 2.79. The molecule has 0 radical (unpaired) electrons. The minimum Gasteiger partial charge on any atom is -0.417 e. The second-order valence-electron chi connectivity index (χ2n) is 10.5. The maximum absolute atomic E-state index is 12.6. The van der Waals surface area contributed by atoms with Gasteiger partial charge in [0.05, 0.1) is 0 Å². The Morgan fingerprint density at radius 3 is 2.54 bits per heavy atom. The Hall–Kier alpha value is -0.743. The third-order valence-corrected chi connectivity index (χ3v) is 9.17. The molecule has 5 atom stereocenters. The zero-order chi connectivity index (χ0) is 18.7. The molecule has 0 bridgehead atoms. The summed E-state index contributed by atoms with van der Waals surface area (Å²) in [4.78, 5) is 24.7. The second-order valence-corrected chi connectivity index (χ2v) is 15.0. The summed E-state index contributed by atoms with van der Waals surface area (Å²) in [6.07, 6.45) is 9.82. The van der Waals surface area contributed by atoms with Crippen LogP contribution in [0, 0.1) is 28.6 Å². The lowest BCUT2D eigenvalue weighted by Crippen LogP contribution is -2.54. The summed E-state index contributed by atoms with van der Waals surface area (Å²) in [6, 6.07) is 0. The van der Waals surface area contributed by atoms with Gasteiger partial charge < -0.3 is 4.43 Å². The van der Waals surface area contributed by atoms with Crippen LogP contribution in [0.1, 0.15) is 58.3 Å². The molecule has 0 amide bonds. The summed E-state index contributed by atoms with van der Waals surface area (Å²) < 4.78 is 6.49. The monoisotopic (exact) mass is 374 g/mol. The number of hydrogen-bond donors (Lipinski definition) is 0. The van der Waals surface area contributed by atoms with Gasteiger partial charge in [0.25, 0.3) is 0 Å². The van der Waals surface area contributed by atoms with Gasteiger partial charge in [-0.25, -0.2) is 0 Å². The summed E-state index contributed by atoms with van der Waals surface area (Å²) in [5.74, 6) is 2.59. The number of ketones is 2. The number of Topliss-reactive ketones (excluding diaryl/α,β-unsaturated/α-hetero) is 1. The van der Waals surface area contributed by atoms with E-state index < -0.39 is 8.32 Å². The van der Waals surface area contributed by atoms with Gasteiger partial charge in [0.15, 0.2) is 14.1 Å². The Balaban J connectivity index is 1.69.